The van der Waals surface area contributed by atoms with Crippen molar-refractivity contribution in [1.29, 1.82) is 0 Å². The molecule has 21 heavy (non-hydrogen) atoms. The Bertz CT molecular complexity index is 488. The van der Waals surface area contributed by atoms with Crippen LogP contribution in [0.15, 0.2) is 29.8 Å². The maximum absolute atomic E-state index is 12.2. The van der Waals surface area contributed by atoms with Gasteiger partial charge in [-0.15, -0.1) is 0 Å². The van der Waals surface area contributed by atoms with E-state index in [0.717, 1.165) is 37.0 Å². The molecule has 0 bridgehead atoms. The van der Waals surface area contributed by atoms with Crippen molar-refractivity contribution >= 4 is 12.0 Å². The number of esters is 1. The first kappa shape index (κ1) is 15.6. The molecule has 0 N–H and O–H groups in total. The lowest BCUT2D eigenvalue weighted by atomic mass is 9.92. The van der Waals surface area contributed by atoms with Crippen LogP contribution in [-0.4, -0.2) is 19.7 Å². The first-order chi connectivity index (χ1) is 10.2. The highest BCUT2D eigenvalue weighted by Gasteiger charge is 2.25. The Kier molecular flexibility index (Phi) is 5.85. The first-order valence-corrected chi connectivity index (χ1v) is 7.75. The van der Waals surface area contributed by atoms with Crippen LogP contribution >= 0.6 is 0 Å². The lowest BCUT2D eigenvalue weighted by Crippen LogP contribution is -2.19. The van der Waals surface area contributed by atoms with E-state index in [0.29, 0.717) is 6.61 Å². The topological polar surface area (TPSA) is 35.5 Å². The largest absolute Gasteiger partial charge is 0.497 e. The summed E-state index contributed by atoms with van der Waals surface area (Å²) in [4.78, 5) is 12.2. The van der Waals surface area contributed by atoms with E-state index in [1.165, 1.54) is 12.0 Å². The van der Waals surface area contributed by atoms with Crippen molar-refractivity contribution in [2.24, 2.45) is 5.92 Å². The molecule has 1 atom stereocenters. The van der Waals surface area contributed by atoms with Gasteiger partial charge in [0, 0.05) is 0 Å². The van der Waals surface area contributed by atoms with Crippen molar-refractivity contribution in [2.45, 2.75) is 39.0 Å². The van der Waals surface area contributed by atoms with E-state index < -0.39 is 0 Å². The second-order valence-electron chi connectivity index (χ2n) is 5.40. The molecule has 1 unspecified atom stereocenters. The number of carbonyl (C=O) groups is 1. The van der Waals surface area contributed by atoms with Gasteiger partial charge >= 0.3 is 5.97 Å². The summed E-state index contributed by atoms with van der Waals surface area (Å²) in [5.41, 5.74) is 2.32. The molecule has 1 aliphatic rings. The van der Waals surface area contributed by atoms with E-state index in [4.69, 9.17) is 9.47 Å². The number of benzene rings is 1. The molecular formula is C18H24O3. The van der Waals surface area contributed by atoms with Crippen LogP contribution in [0.5, 0.6) is 5.75 Å². The van der Waals surface area contributed by atoms with E-state index in [1.54, 1.807) is 7.11 Å². The van der Waals surface area contributed by atoms with Gasteiger partial charge in [0.15, 0.2) is 0 Å². The molecule has 1 aliphatic carbocycles. The normalized spacial score (nSPS) is 20.9. The van der Waals surface area contributed by atoms with E-state index >= 15 is 0 Å². The Balaban J connectivity index is 2.21. The van der Waals surface area contributed by atoms with Crippen molar-refractivity contribution < 1.29 is 14.3 Å². The van der Waals surface area contributed by atoms with Crippen LogP contribution in [0.4, 0.5) is 0 Å². The third-order valence-electron chi connectivity index (χ3n) is 3.94. The molecule has 0 spiro atoms. The lowest BCUT2D eigenvalue weighted by molar-refractivity contribution is -0.146. The fourth-order valence-corrected chi connectivity index (χ4v) is 2.81. The summed E-state index contributed by atoms with van der Waals surface area (Å²) in [6, 6.07) is 7.95. The van der Waals surface area contributed by atoms with E-state index in [2.05, 4.69) is 6.08 Å². The van der Waals surface area contributed by atoms with Crippen LogP contribution < -0.4 is 4.74 Å². The second kappa shape index (κ2) is 7.87. The molecule has 2 rings (SSSR count). The van der Waals surface area contributed by atoms with Crippen molar-refractivity contribution in [3.8, 4) is 5.75 Å². The SMILES string of the molecule is CCOC(=O)C1CCCCC/C1=C\c1ccc(OC)cc1. The average molecular weight is 288 g/mol. The zero-order valence-corrected chi connectivity index (χ0v) is 12.9. The van der Waals surface area contributed by atoms with Gasteiger partial charge in [0.1, 0.15) is 5.75 Å². The summed E-state index contributed by atoms with van der Waals surface area (Å²) >= 11 is 0. The molecule has 0 aromatic heterocycles. The van der Waals surface area contributed by atoms with Crippen molar-refractivity contribution in [3.05, 3.63) is 35.4 Å². The monoisotopic (exact) mass is 288 g/mol. The van der Waals surface area contributed by atoms with E-state index in [-0.39, 0.29) is 11.9 Å². The minimum atomic E-state index is -0.0745. The van der Waals surface area contributed by atoms with Gasteiger partial charge in [-0.25, -0.2) is 0 Å². The summed E-state index contributed by atoms with van der Waals surface area (Å²) in [6.07, 6.45) is 7.47. The average Bonchev–Trinajstić information content (AvgIpc) is 2.74. The number of rotatable bonds is 4. The zero-order chi connectivity index (χ0) is 15.1. The van der Waals surface area contributed by atoms with Gasteiger partial charge in [0.2, 0.25) is 0 Å². The quantitative estimate of drug-likeness (QED) is 0.614. The third-order valence-corrected chi connectivity index (χ3v) is 3.94. The Morgan fingerprint density at radius 3 is 2.67 bits per heavy atom. The number of hydrogen-bond acceptors (Lipinski definition) is 3. The molecule has 3 nitrogen and oxygen atoms in total. The van der Waals surface area contributed by atoms with E-state index in [1.807, 2.05) is 31.2 Å². The molecule has 0 heterocycles. The molecule has 1 aromatic rings. The van der Waals surface area contributed by atoms with Gasteiger partial charge in [-0.3, -0.25) is 4.79 Å². The number of carbonyl (C=O) groups excluding carboxylic acids is 1. The minimum absolute atomic E-state index is 0.0702. The molecule has 114 valence electrons. The molecule has 0 amide bonds. The maximum atomic E-state index is 12.2. The molecule has 1 fully saturated rings. The molecule has 0 saturated heterocycles. The van der Waals surface area contributed by atoms with Gasteiger partial charge in [-0.1, -0.05) is 36.6 Å². The van der Waals surface area contributed by atoms with Crippen LogP contribution in [0.2, 0.25) is 0 Å². The van der Waals surface area contributed by atoms with Gasteiger partial charge < -0.3 is 9.47 Å². The fourth-order valence-electron chi connectivity index (χ4n) is 2.81. The molecule has 3 heteroatoms. The lowest BCUT2D eigenvalue weighted by Gasteiger charge is -2.16. The summed E-state index contributed by atoms with van der Waals surface area (Å²) in [6.45, 7) is 2.31. The summed E-state index contributed by atoms with van der Waals surface area (Å²) < 4.78 is 10.4. The zero-order valence-electron chi connectivity index (χ0n) is 12.9. The van der Waals surface area contributed by atoms with Crippen LogP contribution in [-0.2, 0) is 9.53 Å². The second-order valence-corrected chi connectivity index (χ2v) is 5.40. The van der Waals surface area contributed by atoms with Gasteiger partial charge in [0.25, 0.3) is 0 Å². The third kappa shape index (κ3) is 4.35. The Morgan fingerprint density at radius 1 is 1.24 bits per heavy atom. The summed E-state index contributed by atoms with van der Waals surface area (Å²) in [5.74, 6) is 0.702. The van der Waals surface area contributed by atoms with E-state index in [9.17, 15) is 4.79 Å². The highest BCUT2D eigenvalue weighted by atomic mass is 16.5. The maximum Gasteiger partial charge on any atom is 0.313 e. The van der Waals surface area contributed by atoms with Gasteiger partial charge in [-0.05, 0) is 43.9 Å². The first-order valence-electron chi connectivity index (χ1n) is 7.75. The molecule has 0 radical (unpaired) electrons. The number of ether oxygens (including phenoxy) is 2. The van der Waals surface area contributed by atoms with Gasteiger partial charge in [-0.2, -0.15) is 0 Å². The Labute approximate surface area is 127 Å². The van der Waals surface area contributed by atoms with Gasteiger partial charge in [0.05, 0.1) is 19.6 Å². The molecule has 0 aliphatic heterocycles. The van der Waals surface area contributed by atoms with Crippen LogP contribution in [0.25, 0.3) is 6.08 Å². The van der Waals surface area contributed by atoms with Crippen molar-refractivity contribution in [3.63, 3.8) is 0 Å². The fraction of sp³-hybridized carbons (Fsp3) is 0.500. The molecule has 1 aromatic carbocycles. The van der Waals surface area contributed by atoms with Crippen molar-refractivity contribution in [2.75, 3.05) is 13.7 Å². The summed E-state index contributed by atoms with van der Waals surface area (Å²) in [5, 5.41) is 0. The summed E-state index contributed by atoms with van der Waals surface area (Å²) in [7, 11) is 1.66. The Hall–Kier alpha value is -1.77. The van der Waals surface area contributed by atoms with Crippen molar-refractivity contribution in [1.82, 2.24) is 0 Å². The molecule has 1 saturated carbocycles. The highest BCUT2D eigenvalue weighted by Crippen LogP contribution is 2.31. The smallest absolute Gasteiger partial charge is 0.313 e. The highest BCUT2D eigenvalue weighted by molar-refractivity contribution is 5.78. The minimum Gasteiger partial charge on any atom is -0.497 e. The predicted molar refractivity (Wildman–Crippen MR) is 84.2 cm³/mol. The van der Waals surface area contributed by atoms with Crippen LogP contribution in [0, 0.1) is 5.92 Å². The number of methoxy groups -OCH3 is 1. The van der Waals surface area contributed by atoms with Crippen LogP contribution in [0.1, 0.15) is 44.6 Å². The Morgan fingerprint density at radius 2 is 2.00 bits per heavy atom. The number of hydrogen-bond donors (Lipinski definition) is 0. The van der Waals surface area contributed by atoms with Crippen LogP contribution in [0.3, 0.4) is 0 Å². The molecular weight excluding hydrogens is 264 g/mol. The standard InChI is InChI=1S/C18H24O3/c1-3-21-18(19)17-8-6-4-5-7-15(17)13-14-9-11-16(20-2)12-10-14/h9-13,17H,3-8H2,1-2H3/b15-13+. The predicted octanol–water partition coefficient (Wildman–Crippen LogP) is 4.22.